The molecule has 5 aliphatic carbocycles. The summed E-state index contributed by atoms with van der Waals surface area (Å²) in [6.45, 7) is 17.4. The number of allylic oxidation sites excluding steroid dienone is 1. The fraction of sp³-hybridized carbons (Fsp3) is 0.893. The van der Waals surface area contributed by atoms with E-state index in [1.54, 1.807) is 0 Å². The van der Waals surface area contributed by atoms with Gasteiger partial charge in [0.2, 0.25) is 0 Å². The molecule has 9 atom stereocenters. The first-order valence-corrected chi connectivity index (χ1v) is 12.7. The van der Waals surface area contributed by atoms with Gasteiger partial charge in [-0.15, -0.1) is 0 Å². The quantitative estimate of drug-likeness (QED) is 0.417. The van der Waals surface area contributed by atoms with E-state index in [4.69, 9.17) is 0 Å². The first-order chi connectivity index (χ1) is 13.6. The summed E-state index contributed by atoms with van der Waals surface area (Å²) in [4.78, 5) is 12.2. The van der Waals surface area contributed by atoms with Gasteiger partial charge in [0.15, 0.2) is 0 Å². The number of ketones is 1. The molecule has 162 valence electrons. The molecule has 5 saturated carbocycles. The van der Waals surface area contributed by atoms with E-state index >= 15 is 0 Å². The average Bonchev–Trinajstić information content (AvgIpc) is 3.01. The lowest BCUT2D eigenvalue weighted by molar-refractivity contribution is -0.220. The predicted octanol–water partition coefficient (Wildman–Crippen LogP) is 7.60. The molecule has 0 unspecified atom stereocenters. The van der Waals surface area contributed by atoms with Crippen molar-refractivity contribution >= 4 is 5.78 Å². The number of hydrogen-bond donors (Lipinski definition) is 0. The average molecular weight is 397 g/mol. The molecule has 0 radical (unpaired) electrons. The maximum absolute atomic E-state index is 12.2. The molecular weight excluding hydrogens is 352 g/mol. The van der Waals surface area contributed by atoms with E-state index in [0.717, 1.165) is 42.9 Å². The Bertz CT molecular complexity index is 737. The predicted molar refractivity (Wildman–Crippen MR) is 120 cm³/mol. The van der Waals surface area contributed by atoms with Crippen molar-refractivity contribution < 1.29 is 4.79 Å². The number of carbonyl (C=O) groups excluding carboxylic acids is 1. The van der Waals surface area contributed by atoms with Crippen LogP contribution in [0.1, 0.15) is 105 Å². The van der Waals surface area contributed by atoms with Crippen molar-refractivity contribution in [2.75, 3.05) is 0 Å². The zero-order chi connectivity index (χ0) is 20.8. The second-order valence-corrected chi connectivity index (χ2v) is 13.2. The lowest BCUT2D eigenvalue weighted by atomic mass is 9.33. The van der Waals surface area contributed by atoms with Crippen LogP contribution in [0.25, 0.3) is 0 Å². The van der Waals surface area contributed by atoms with Crippen LogP contribution in [0, 0.1) is 51.2 Å². The second kappa shape index (κ2) is 6.23. The fourth-order valence-electron chi connectivity index (χ4n) is 10.4. The van der Waals surface area contributed by atoms with Crippen molar-refractivity contribution in [2.24, 2.45) is 51.2 Å². The number of hydrogen-bond acceptors (Lipinski definition) is 1. The van der Waals surface area contributed by atoms with Gasteiger partial charge in [0.1, 0.15) is 5.78 Å². The van der Waals surface area contributed by atoms with E-state index in [1.165, 1.54) is 56.9 Å². The molecule has 0 heterocycles. The molecule has 1 nitrogen and oxygen atoms in total. The number of Topliss-reactive ketones (excluding diaryl/α,β-unsaturated/α-hetero) is 1. The van der Waals surface area contributed by atoms with Crippen molar-refractivity contribution in [3.63, 3.8) is 0 Å². The van der Waals surface area contributed by atoms with E-state index in [9.17, 15) is 4.79 Å². The van der Waals surface area contributed by atoms with E-state index in [-0.39, 0.29) is 0 Å². The summed E-state index contributed by atoms with van der Waals surface area (Å²) in [6, 6.07) is 0. The Morgan fingerprint density at radius 2 is 1.66 bits per heavy atom. The molecule has 0 saturated heterocycles. The van der Waals surface area contributed by atoms with Gasteiger partial charge < -0.3 is 0 Å². The van der Waals surface area contributed by atoms with Crippen LogP contribution in [-0.2, 0) is 4.79 Å². The monoisotopic (exact) mass is 396 g/mol. The fourth-order valence-corrected chi connectivity index (χ4v) is 10.4. The van der Waals surface area contributed by atoms with Gasteiger partial charge in [0, 0.05) is 12.8 Å². The number of fused-ring (bicyclic) bond motifs is 7. The van der Waals surface area contributed by atoms with Crippen molar-refractivity contribution in [2.45, 2.75) is 105 Å². The molecule has 5 fully saturated rings. The normalized spacial score (nSPS) is 56.7. The summed E-state index contributed by atoms with van der Waals surface area (Å²) in [6.07, 6.45) is 14.0. The first-order valence-electron chi connectivity index (χ1n) is 12.7. The summed E-state index contributed by atoms with van der Waals surface area (Å²) in [7, 11) is 0. The van der Waals surface area contributed by atoms with Gasteiger partial charge in [0.05, 0.1) is 0 Å². The van der Waals surface area contributed by atoms with E-state index in [1.807, 2.05) is 0 Å². The minimum atomic E-state index is 0.402. The molecule has 5 aliphatic rings. The standard InChI is InChI=1S/C28H44O/c1-18(2)21-11-12-25(3)15-16-27(5)22(24(21)25)7-8-23-26(4)13-10-20(29)17-19(26)9-14-28(23,27)6/h19,21-24H,1,7-17H2,2-6H3/t19-,21+,22-,23+,24-,25+,26+,27-,28+/m1/s1. The summed E-state index contributed by atoms with van der Waals surface area (Å²) in [5.74, 6) is 4.50. The molecular formula is C28H44O. The van der Waals surface area contributed by atoms with Gasteiger partial charge in [-0.05, 0) is 116 Å². The highest BCUT2D eigenvalue weighted by Crippen LogP contribution is 2.76. The molecule has 0 aromatic rings. The van der Waals surface area contributed by atoms with Crippen LogP contribution in [0.3, 0.4) is 0 Å². The third-order valence-electron chi connectivity index (χ3n) is 12.4. The maximum atomic E-state index is 12.2. The Balaban J connectivity index is 1.54. The molecule has 0 spiro atoms. The Labute approximate surface area is 179 Å². The van der Waals surface area contributed by atoms with E-state index in [2.05, 4.69) is 41.2 Å². The molecule has 0 aromatic heterocycles. The minimum Gasteiger partial charge on any atom is -0.300 e. The summed E-state index contributed by atoms with van der Waals surface area (Å²) in [5, 5.41) is 0. The Morgan fingerprint density at radius 1 is 0.897 bits per heavy atom. The van der Waals surface area contributed by atoms with Crippen molar-refractivity contribution in [3.8, 4) is 0 Å². The zero-order valence-electron chi connectivity index (χ0n) is 19.8. The summed E-state index contributed by atoms with van der Waals surface area (Å²) >= 11 is 0. The third kappa shape index (κ3) is 2.48. The van der Waals surface area contributed by atoms with Gasteiger partial charge >= 0.3 is 0 Å². The summed E-state index contributed by atoms with van der Waals surface area (Å²) in [5.41, 5.74) is 3.32. The minimum absolute atomic E-state index is 0.402. The van der Waals surface area contributed by atoms with E-state index in [0.29, 0.717) is 33.4 Å². The molecule has 5 rings (SSSR count). The van der Waals surface area contributed by atoms with Crippen LogP contribution in [0.15, 0.2) is 12.2 Å². The molecule has 0 amide bonds. The Morgan fingerprint density at radius 3 is 2.38 bits per heavy atom. The van der Waals surface area contributed by atoms with Gasteiger partial charge in [0.25, 0.3) is 0 Å². The Kier molecular flexibility index (Phi) is 4.36. The van der Waals surface area contributed by atoms with Gasteiger partial charge in [-0.2, -0.15) is 0 Å². The number of rotatable bonds is 1. The topological polar surface area (TPSA) is 17.1 Å². The highest BCUT2D eigenvalue weighted by atomic mass is 16.1. The van der Waals surface area contributed by atoms with Gasteiger partial charge in [-0.3, -0.25) is 4.79 Å². The van der Waals surface area contributed by atoms with Gasteiger partial charge in [-0.1, -0.05) is 39.8 Å². The molecule has 0 aromatic carbocycles. The molecule has 1 heteroatoms. The van der Waals surface area contributed by atoms with Crippen molar-refractivity contribution in [1.29, 1.82) is 0 Å². The summed E-state index contributed by atoms with van der Waals surface area (Å²) < 4.78 is 0. The Hall–Kier alpha value is -0.590. The van der Waals surface area contributed by atoms with Crippen LogP contribution < -0.4 is 0 Å². The maximum Gasteiger partial charge on any atom is 0.133 e. The molecule has 0 N–H and O–H groups in total. The van der Waals surface area contributed by atoms with E-state index < -0.39 is 0 Å². The highest BCUT2D eigenvalue weighted by Gasteiger charge is 2.68. The van der Waals surface area contributed by atoms with Crippen molar-refractivity contribution in [1.82, 2.24) is 0 Å². The highest BCUT2D eigenvalue weighted by molar-refractivity contribution is 5.79. The van der Waals surface area contributed by atoms with Crippen molar-refractivity contribution in [3.05, 3.63) is 12.2 Å². The van der Waals surface area contributed by atoms with Gasteiger partial charge in [-0.25, -0.2) is 0 Å². The molecule has 0 bridgehead atoms. The van der Waals surface area contributed by atoms with Crippen LogP contribution in [-0.4, -0.2) is 5.78 Å². The first kappa shape index (κ1) is 20.3. The third-order valence-corrected chi connectivity index (χ3v) is 12.4. The van der Waals surface area contributed by atoms with Crippen LogP contribution >= 0.6 is 0 Å². The molecule has 0 aliphatic heterocycles. The zero-order valence-corrected chi connectivity index (χ0v) is 19.8. The lowest BCUT2D eigenvalue weighted by Crippen LogP contribution is -2.64. The molecule has 29 heavy (non-hydrogen) atoms. The smallest absolute Gasteiger partial charge is 0.133 e. The van der Waals surface area contributed by atoms with Crippen LogP contribution in [0.2, 0.25) is 0 Å². The number of carbonyl (C=O) groups is 1. The largest absolute Gasteiger partial charge is 0.300 e. The lowest BCUT2D eigenvalue weighted by Gasteiger charge is -2.71. The second-order valence-electron chi connectivity index (χ2n) is 13.2. The van der Waals surface area contributed by atoms with Crippen LogP contribution in [0.5, 0.6) is 0 Å². The van der Waals surface area contributed by atoms with Crippen LogP contribution in [0.4, 0.5) is 0 Å². The SMILES string of the molecule is C=C(C)[C@@H]1CC[C@@]2(C)CC[C@]3(C)[C@H](CC[C@H]4[C@@]5(C)CCC(=O)C[C@H]5CC[C@@]43C)[C@@H]12.